The fraction of sp³-hybridized carbons (Fsp3) is 0.417. The summed E-state index contributed by atoms with van der Waals surface area (Å²) in [7, 11) is -0.776. The minimum Gasteiger partial charge on any atom is -0.311 e. The van der Waals surface area contributed by atoms with E-state index in [4.69, 9.17) is 0 Å². The molecule has 8 heteroatoms. The first-order chi connectivity index (χ1) is 9.29. The standard InChI is InChI=1S/C12H16FN3O3S/c1-15(2)20(18,19)14-10-7-12(17)16(8-10)11-5-3-4-9(13)6-11/h3-6,10,14H,7-8H2,1-2H3. The van der Waals surface area contributed by atoms with Crippen molar-refractivity contribution in [1.29, 1.82) is 0 Å². The lowest BCUT2D eigenvalue weighted by molar-refractivity contribution is -0.117. The normalized spacial score (nSPS) is 19.9. The van der Waals surface area contributed by atoms with Crippen LogP contribution in [0.1, 0.15) is 6.42 Å². The van der Waals surface area contributed by atoms with Gasteiger partial charge in [0.25, 0.3) is 10.2 Å². The van der Waals surface area contributed by atoms with Crippen LogP contribution in [0.3, 0.4) is 0 Å². The highest BCUT2D eigenvalue weighted by atomic mass is 32.2. The van der Waals surface area contributed by atoms with Gasteiger partial charge in [-0.3, -0.25) is 4.79 Å². The third-order valence-electron chi connectivity index (χ3n) is 3.04. The Bertz CT molecular complexity index is 618. The molecule has 1 N–H and O–H groups in total. The van der Waals surface area contributed by atoms with Gasteiger partial charge in [-0.25, -0.2) is 4.39 Å². The molecular formula is C12H16FN3O3S. The van der Waals surface area contributed by atoms with Crippen molar-refractivity contribution in [3.63, 3.8) is 0 Å². The molecule has 0 aromatic heterocycles. The zero-order chi connectivity index (χ0) is 14.9. The number of halogens is 1. The first-order valence-corrected chi connectivity index (χ1v) is 7.49. The lowest BCUT2D eigenvalue weighted by Gasteiger charge is -2.18. The molecule has 1 aliphatic heterocycles. The summed E-state index contributed by atoms with van der Waals surface area (Å²) in [5, 5.41) is 0. The van der Waals surface area contributed by atoms with Crippen molar-refractivity contribution in [3.8, 4) is 0 Å². The van der Waals surface area contributed by atoms with Gasteiger partial charge >= 0.3 is 0 Å². The van der Waals surface area contributed by atoms with Gasteiger partial charge in [-0.15, -0.1) is 0 Å². The molecule has 1 amide bonds. The number of rotatable bonds is 4. The molecule has 6 nitrogen and oxygen atoms in total. The fourth-order valence-electron chi connectivity index (χ4n) is 2.00. The van der Waals surface area contributed by atoms with Crippen LogP contribution in [-0.2, 0) is 15.0 Å². The number of hydrogen-bond acceptors (Lipinski definition) is 3. The lowest BCUT2D eigenvalue weighted by atomic mass is 10.3. The maximum absolute atomic E-state index is 13.2. The molecule has 1 saturated heterocycles. The molecule has 1 heterocycles. The van der Waals surface area contributed by atoms with Crippen LogP contribution in [0.15, 0.2) is 24.3 Å². The molecule has 1 fully saturated rings. The zero-order valence-corrected chi connectivity index (χ0v) is 12.0. The summed E-state index contributed by atoms with van der Waals surface area (Å²) in [6.07, 6.45) is 0.0591. The minimum absolute atomic E-state index is 0.0591. The van der Waals surface area contributed by atoms with Gasteiger partial charge in [-0.05, 0) is 18.2 Å². The van der Waals surface area contributed by atoms with E-state index in [2.05, 4.69) is 4.72 Å². The average molecular weight is 301 g/mol. The van der Waals surface area contributed by atoms with Crippen LogP contribution in [0, 0.1) is 5.82 Å². The summed E-state index contributed by atoms with van der Waals surface area (Å²) in [6.45, 7) is 0.190. The Kier molecular flexibility index (Phi) is 4.07. The van der Waals surface area contributed by atoms with Crippen LogP contribution in [0.2, 0.25) is 0 Å². The average Bonchev–Trinajstić information content (AvgIpc) is 2.69. The number of nitrogens with zero attached hydrogens (tertiary/aromatic N) is 2. The van der Waals surface area contributed by atoms with Gasteiger partial charge in [-0.2, -0.15) is 17.4 Å². The topological polar surface area (TPSA) is 69.7 Å². The molecule has 0 bridgehead atoms. The second-order valence-corrected chi connectivity index (χ2v) is 6.71. The van der Waals surface area contributed by atoms with E-state index in [1.807, 2.05) is 0 Å². The number of nitrogens with one attached hydrogen (secondary N) is 1. The smallest absolute Gasteiger partial charge is 0.279 e. The van der Waals surface area contributed by atoms with Gasteiger partial charge < -0.3 is 4.90 Å². The Hall–Kier alpha value is -1.51. The number of amides is 1. The molecule has 0 saturated carbocycles. The Balaban J connectivity index is 2.12. The molecule has 1 aromatic rings. The molecule has 1 aliphatic rings. The maximum Gasteiger partial charge on any atom is 0.279 e. The van der Waals surface area contributed by atoms with Gasteiger partial charge in [-0.1, -0.05) is 6.07 Å². The summed E-state index contributed by atoms with van der Waals surface area (Å²) in [5.41, 5.74) is 0.432. The summed E-state index contributed by atoms with van der Waals surface area (Å²) < 4.78 is 40.1. The van der Waals surface area contributed by atoms with Gasteiger partial charge in [0.05, 0.1) is 0 Å². The molecule has 20 heavy (non-hydrogen) atoms. The van der Waals surface area contributed by atoms with Crippen molar-refractivity contribution < 1.29 is 17.6 Å². The van der Waals surface area contributed by atoms with Crippen LogP contribution in [0.25, 0.3) is 0 Å². The zero-order valence-electron chi connectivity index (χ0n) is 11.2. The molecule has 0 radical (unpaired) electrons. The van der Waals surface area contributed by atoms with Gasteiger partial charge in [0.15, 0.2) is 0 Å². The summed E-state index contributed by atoms with van der Waals surface area (Å²) in [6, 6.07) is 5.15. The third kappa shape index (κ3) is 3.14. The van der Waals surface area contributed by atoms with Crippen molar-refractivity contribution in [2.45, 2.75) is 12.5 Å². The van der Waals surface area contributed by atoms with Gasteiger partial charge in [0, 0.05) is 38.8 Å². The molecule has 2 rings (SSSR count). The lowest BCUT2D eigenvalue weighted by Crippen LogP contribution is -2.43. The Morgan fingerprint density at radius 2 is 2.10 bits per heavy atom. The van der Waals surface area contributed by atoms with Crippen molar-refractivity contribution in [1.82, 2.24) is 9.03 Å². The Labute approximate surface area is 117 Å². The summed E-state index contributed by atoms with van der Waals surface area (Å²) in [4.78, 5) is 13.3. The summed E-state index contributed by atoms with van der Waals surface area (Å²) in [5.74, 6) is -0.672. The fourth-order valence-corrected chi connectivity index (χ4v) is 2.79. The highest BCUT2D eigenvalue weighted by molar-refractivity contribution is 7.87. The quantitative estimate of drug-likeness (QED) is 0.871. The van der Waals surface area contributed by atoms with Crippen LogP contribution < -0.4 is 9.62 Å². The predicted octanol–water partition coefficient (Wildman–Crippen LogP) is 0.327. The van der Waals surface area contributed by atoms with Crippen LogP contribution >= 0.6 is 0 Å². The Morgan fingerprint density at radius 3 is 2.70 bits per heavy atom. The SMILES string of the molecule is CN(C)S(=O)(=O)NC1CC(=O)N(c2cccc(F)c2)C1. The van der Waals surface area contributed by atoms with E-state index >= 15 is 0 Å². The molecule has 1 unspecified atom stereocenters. The summed E-state index contributed by atoms with van der Waals surface area (Å²) >= 11 is 0. The van der Waals surface area contributed by atoms with E-state index in [9.17, 15) is 17.6 Å². The third-order valence-corrected chi connectivity index (χ3v) is 4.63. The van der Waals surface area contributed by atoms with Crippen molar-refractivity contribution >= 4 is 21.8 Å². The second kappa shape index (κ2) is 5.47. The largest absolute Gasteiger partial charge is 0.311 e. The van der Waals surface area contributed by atoms with Crippen molar-refractivity contribution in [3.05, 3.63) is 30.1 Å². The van der Waals surface area contributed by atoms with E-state index in [1.54, 1.807) is 6.07 Å². The van der Waals surface area contributed by atoms with E-state index in [0.29, 0.717) is 5.69 Å². The minimum atomic E-state index is -3.59. The second-order valence-electron chi connectivity index (χ2n) is 4.79. The van der Waals surface area contributed by atoms with Crippen molar-refractivity contribution in [2.75, 3.05) is 25.5 Å². The van der Waals surface area contributed by atoms with E-state index in [0.717, 1.165) is 4.31 Å². The van der Waals surface area contributed by atoms with Crippen LogP contribution in [0.5, 0.6) is 0 Å². The van der Waals surface area contributed by atoms with Gasteiger partial charge in [0.2, 0.25) is 5.91 Å². The van der Waals surface area contributed by atoms with Crippen molar-refractivity contribution in [2.24, 2.45) is 0 Å². The highest BCUT2D eigenvalue weighted by Gasteiger charge is 2.33. The number of anilines is 1. The first kappa shape index (κ1) is 14.9. The van der Waals surface area contributed by atoms with E-state index < -0.39 is 22.1 Å². The van der Waals surface area contributed by atoms with Gasteiger partial charge in [0.1, 0.15) is 5.82 Å². The molecular weight excluding hydrogens is 285 g/mol. The number of carbonyl (C=O) groups excluding carboxylic acids is 1. The molecule has 110 valence electrons. The molecule has 1 aromatic carbocycles. The number of carbonyl (C=O) groups is 1. The molecule has 0 aliphatic carbocycles. The number of benzene rings is 1. The highest BCUT2D eigenvalue weighted by Crippen LogP contribution is 2.22. The van der Waals surface area contributed by atoms with Crippen LogP contribution in [0.4, 0.5) is 10.1 Å². The number of hydrogen-bond donors (Lipinski definition) is 1. The molecule has 1 atom stereocenters. The van der Waals surface area contributed by atoms with E-state index in [-0.39, 0.29) is 18.9 Å². The maximum atomic E-state index is 13.2. The van der Waals surface area contributed by atoms with E-state index in [1.165, 1.54) is 37.2 Å². The monoisotopic (exact) mass is 301 g/mol. The molecule has 0 spiro atoms. The Morgan fingerprint density at radius 1 is 1.40 bits per heavy atom. The first-order valence-electron chi connectivity index (χ1n) is 6.05. The van der Waals surface area contributed by atoms with Crippen LogP contribution in [-0.4, -0.2) is 45.3 Å². The predicted molar refractivity (Wildman–Crippen MR) is 72.9 cm³/mol.